The van der Waals surface area contributed by atoms with E-state index in [9.17, 15) is 4.79 Å². The first kappa shape index (κ1) is 14.2. The molecular weight excluding hydrogens is 212 g/mol. The summed E-state index contributed by atoms with van der Waals surface area (Å²) in [7, 11) is 0. The third kappa shape index (κ3) is 4.15. The fourth-order valence-corrected chi connectivity index (χ4v) is 2.42. The van der Waals surface area contributed by atoms with Gasteiger partial charge in [0.1, 0.15) is 0 Å². The number of amides is 1. The van der Waals surface area contributed by atoms with Gasteiger partial charge in [-0.3, -0.25) is 4.79 Å². The average Bonchev–Trinajstić information content (AvgIpc) is 2.37. The van der Waals surface area contributed by atoms with Crippen LogP contribution >= 0.6 is 0 Å². The Morgan fingerprint density at radius 3 is 2.53 bits per heavy atom. The molecule has 0 saturated carbocycles. The molecule has 0 unspecified atom stereocenters. The molecule has 1 amide bonds. The number of carbonyl (C=O) groups is 1. The fraction of sp³-hybridized carbons (Fsp3) is 0.786. The van der Waals surface area contributed by atoms with Crippen LogP contribution in [0.2, 0.25) is 0 Å². The highest BCUT2D eigenvalue weighted by Crippen LogP contribution is 2.31. The maximum absolute atomic E-state index is 11.8. The summed E-state index contributed by atoms with van der Waals surface area (Å²) in [4.78, 5) is 11.8. The van der Waals surface area contributed by atoms with Gasteiger partial charge >= 0.3 is 0 Å². The molecule has 0 atom stereocenters. The van der Waals surface area contributed by atoms with E-state index in [1.165, 1.54) is 12.8 Å². The minimum absolute atomic E-state index is 0.0956. The first-order chi connectivity index (χ1) is 8.13. The molecule has 1 fully saturated rings. The lowest BCUT2D eigenvalue weighted by atomic mass is 9.76. The Hall–Kier alpha value is -0.830. The zero-order chi connectivity index (χ0) is 12.7. The quantitative estimate of drug-likeness (QED) is 0.721. The van der Waals surface area contributed by atoms with Gasteiger partial charge < -0.3 is 10.6 Å². The van der Waals surface area contributed by atoms with Crippen LogP contribution < -0.4 is 10.6 Å². The molecule has 1 heterocycles. The Morgan fingerprint density at radius 1 is 1.35 bits per heavy atom. The Balaban J connectivity index is 2.47. The van der Waals surface area contributed by atoms with Crippen LogP contribution in [-0.2, 0) is 4.79 Å². The van der Waals surface area contributed by atoms with E-state index in [4.69, 9.17) is 0 Å². The number of nitrogens with one attached hydrogen (secondary N) is 2. The van der Waals surface area contributed by atoms with Crippen molar-refractivity contribution in [3.63, 3.8) is 0 Å². The number of hydrogen-bond donors (Lipinski definition) is 2. The standard InChI is InChI=1S/C14H26N2O/c1-4-6-12(3)13(17)16-11-14(5-2)7-9-15-10-8-14/h6,15H,4-5,7-11H2,1-3H3,(H,16,17)/b12-6-. The number of carbonyl (C=O) groups excluding carboxylic acids is 1. The molecule has 0 aromatic rings. The minimum Gasteiger partial charge on any atom is -0.352 e. The first-order valence-corrected chi connectivity index (χ1v) is 6.79. The summed E-state index contributed by atoms with van der Waals surface area (Å²) in [6.07, 6.45) is 6.38. The molecule has 1 aliphatic rings. The molecule has 1 aliphatic heterocycles. The van der Waals surface area contributed by atoms with Gasteiger partial charge in [-0.1, -0.05) is 19.9 Å². The largest absolute Gasteiger partial charge is 0.352 e. The molecule has 3 heteroatoms. The van der Waals surface area contributed by atoms with Crippen LogP contribution in [0.3, 0.4) is 0 Å². The van der Waals surface area contributed by atoms with Crippen molar-refractivity contribution in [1.29, 1.82) is 0 Å². The van der Waals surface area contributed by atoms with Crippen molar-refractivity contribution in [2.75, 3.05) is 19.6 Å². The molecule has 0 aliphatic carbocycles. The number of rotatable bonds is 5. The predicted molar refractivity (Wildman–Crippen MR) is 71.9 cm³/mol. The lowest BCUT2D eigenvalue weighted by molar-refractivity contribution is -0.118. The maximum atomic E-state index is 11.8. The van der Waals surface area contributed by atoms with E-state index in [-0.39, 0.29) is 5.91 Å². The Morgan fingerprint density at radius 2 is 2.00 bits per heavy atom. The molecule has 0 bridgehead atoms. The third-order valence-corrected chi connectivity index (χ3v) is 3.91. The molecule has 98 valence electrons. The zero-order valence-electron chi connectivity index (χ0n) is 11.4. The van der Waals surface area contributed by atoms with Crippen LogP contribution in [0.15, 0.2) is 11.6 Å². The Bertz CT molecular complexity index is 278. The van der Waals surface area contributed by atoms with Crippen molar-refractivity contribution in [3.05, 3.63) is 11.6 Å². The van der Waals surface area contributed by atoms with E-state index in [2.05, 4.69) is 24.5 Å². The number of hydrogen-bond acceptors (Lipinski definition) is 2. The van der Waals surface area contributed by atoms with Crippen molar-refractivity contribution >= 4 is 5.91 Å². The summed E-state index contributed by atoms with van der Waals surface area (Å²) in [6.45, 7) is 9.14. The summed E-state index contributed by atoms with van der Waals surface area (Å²) in [5.74, 6) is 0.0956. The van der Waals surface area contributed by atoms with E-state index in [0.29, 0.717) is 5.41 Å². The summed E-state index contributed by atoms with van der Waals surface area (Å²) < 4.78 is 0. The normalized spacial score (nSPS) is 20.1. The van der Waals surface area contributed by atoms with E-state index in [0.717, 1.165) is 38.0 Å². The second-order valence-corrected chi connectivity index (χ2v) is 5.08. The fourth-order valence-electron chi connectivity index (χ4n) is 2.42. The van der Waals surface area contributed by atoms with Gasteiger partial charge in [-0.05, 0) is 51.1 Å². The van der Waals surface area contributed by atoms with Crippen LogP contribution in [-0.4, -0.2) is 25.5 Å². The van der Waals surface area contributed by atoms with Gasteiger partial charge in [0, 0.05) is 12.1 Å². The summed E-state index contributed by atoms with van der Waals surface area (Å²) >= 11 is 0. The number of piperidine rings is 1. The molecule has 17 heavy (non-hydrogen) atoms. The SMILES string of the molecule is CC/C=C(/C)C(=O)NCC1(CC)CCNCC1. The molecule has 1 rings (SSSR count). The van der Waals surface area contributed by atoms with Gasteiger partial charge in [0.25, 0.3) is 0 Å². The molecule has 0 aromatic carbocycles. The molecule has 0 spiro atoms. The van der Waals surface area contributed by atoms with E-state index in [1.807, 2.05) is 13.0 Å². The molecule has 1 saturated heterocycles. The maximum Gasteiger partial charge on any atom is 0.246 e. The van der Waals surface area contributed by atoms with Crippen LogP contribution in [0.25, 0.3) is 0 Å². The monoisotopic (exact) mass is 238 g/mol. The van der Waals surface area contributed by atoms with Crippen molar-refractivity contribution in [2.45, 2.75) is 46.5 Å². The van der Waals surface area contributed by atoms with Gasteiger partial charge in [0.05, 0.1) is 0 Å². The molecule has 0 aromatic heterocycles. The van der Waals surface area contributed by atoms with Gasteiger partial charge in [-0.15, -0.1) is 0 Å². The second kappa shape index (κ2) is 6.80. The van der Waals surface area contributed by atoms with Gasteiger partial charge in [-0.25, -0.2) is 0 Å². The smallest absolute Gasteiger partial charge is 0.246 e. The number of allylic oxidation sites excluding steroid dienone is 1. The van der Waals surface area contributed by atoms with Crippen molar-refractivity contribution in [1.82, 2.24) is 10.6 Å². The van der Waals surface area contributed by atoms with Crippen LogP contribution in [0.5, 0.6) is 0 Å². The molecule has 0 radical (unpaired) electrons. The van der Waals surface area contributed by atoms with Gasteiger partial charge in [0.15, 0.2) is 0 Å². The Kier molecular flexibility index (Phi) is 5.69. The molecule has 2 N–H and O–H groups in total. The van der Waals surface area contributed by atoms with Gasteiger partial charge in [-0.2, -0.15) is 0 Å². The van der Waals surface area contributed by atoms with Crippen LogP contribution in [0.4, 0.5) is 0 Å². The highest BCUT2D eigenvalue weighted by molar-refractivity contribution is 5.92. The summed E-state index contributed by atoms with van der Waals surface area (Å²) in [5.41, 5.74) is 1.15. The van der Waals surface area contributed by atoms with Crippen molar-refractivity contribution < 1.29 is 4.79 Å². The first-order valence-electron chi connectivity index (χ1n) is 6.79. The molecular formula is C14H26N2O. The third-order valence-electron chi connectivity index (χ3n) is 3.91. The van der Waals surface area contributed by atoms with Gasteiger partial charge in [0.2, 0.25) is 5.91 Å². The second-order valence-electron chi connectivity index (χ2n) is 5.08. The predicted octanol–water partition coefficient (Wildman–Crippen LogP) is 2.24. The van der Waals surface area contributed by atoms with Crippen molar-refractivity contribution in [2.24, 2.45) is 5.41 Å². The van der Waals surface area contributed by atoms with Crippen LogP contribution in [0.1, 0.15) is 46.5 Å². The minimum atomic E-state index is 0.0956. The van der Waals surface area contributed by atoms with E-state index in [1.54, 1.807) is 0 Å². The Labute approximate surface area is 105 Å². The lowest BCUT2D eigenvalue weighted by Crippen LogP contribution is -2.44. The van der Waals surface area contributed by atoms with Crippen molar-refractivity contribution in [3.8, 4) is 0 Å². The van der Waals surface area contributed by atoms with E-state index >= 15 is 0 Å². The van der Waals surface area contributed by atoms with Crippen LogP contribution in [0, 0.1) is 5.41 Å². The summed E-state index contributed by atoms with van der Waals surface area (Å²) in [6, 6.07) is 0. The van der Waals surface area contributed by atoms with E-state index < -0.39 is 0 Å². The average molecular weight is 238 g/mol. The highest BCUT2D eigenvalue weighted by atomic mass is 16.1. The highest BCUT2D eigenvalue weighted by Gasteiger charge is 2.30. The lowest BCUT2D eigenvalue weighted by Gasteiger charge is -2.37. The topological polar surface area (TPSA) is 41.1 Å². The summed E-state index contributed by atoms with van der Waals surface area (Å²) in [5, 5.41) is 6.47. The molecule has 3 nitrogen and oxygen atoms in total. The zero-order valence-corrected chi connectivity index (χ0v) is 11.4.